The van der Waals surface area contributed by atoms with E-state index >= 15 is 0 Å². The molecule has 7 nitrogen and oxygen atoms in total. The minimum absolute atomic E-state index is 0.189. The Bertz CT molecular complexity index is 316. The monoisotopic (exact) mass is 361 g/mol. The summed E-state index contributed by atoms with van der Waals surface area (Å²) in [6.07, 6.45) is 0. The van der Waals surface area contributed by atoms with E-state index in [0.717, 1.165) is 32.7 Å². The van der Waals surface area contributed by atoms with Crippen molar-refractivity contribution in [1.82, 2.24) is 10.2 Å². The molecule has 0 heterocycles. The van der Waals surface area contributed by atoms with Crippen LogP contribution < -0.4 is 22.5 Å². The zero-order chi connectivity index (χ0) is 19.6. The van der Waals surface area contributed by atoms with E-state index in [4.69, 9.17) is 26.7 Å². The third-order valence-corrected chi connectivity index (χ3v) is 3.19. The minimum Gasteiger partial charge on any atom is -0.378 e. The Balaban J connectivity index is 3.74. The van der Waals surface area contributed by atoms with Gasteiger partial charge in [-0.15, -0.1) is 0 Å². The standard InChI is InChI=1S/C18H43N5O2/c1-16(2,19)13-22-7-9-24-11-12-25-10-8-23(14-17(3,4)20)15-18(5,6)21/h22H,7-15,19-21H2,1-6H3. The van der Waals surface area contributed by atoms with Crippen molar-refractivity contribution in [2.45, 2.75) is 58.2 Å². The fraction of sp³-hybridized carbons (Fsp3) is 1.00. The molecule has 0 rings (SSSR count). The summed E-state index contributed by atoms with van der Waals surface area (Å²) >= 11 is 0. The molecule has 0 bridgehead atoms. The van der Waals surface area contributed by atoms with Crippen LogP contribution in [0.1, 0.15) is 41.5 Å². The molecule has 0 unspecified atom stereocenters. The molecule has 0 spiro atoms. The molecule has 0 saturated carbocycles. The first-order chi connectivity index (χ1) is 11.3. The van der Waals surface area contributed by atoms with Crippen LogP contribution in [-0.2, 0) is 9.47 Å². The van der Waals surface area contributed by atoms with Gasteiger partial charge in [0.1, 0.15) is 0 Å². The van der Waals surface area contributed by atoms with Gasteiger partial charge < -0.3 is 32.0 Å². The van der Waals surface area contributed by atoms with Crippen molar-refractivity contribution in [3.63, 3.8) is 0 Å². The van der Waals surface area contributed by atoms with Gasteiger partial charge in [-0.1, -0.05) is 0 Å². The highest BCUT2D eigenvalue weighted by Gasteiger charge is 2.21. The van der Waals surface area contributed by atoms with Crippen molar-refractivity contribution in [3.8, 4) is 0 Å². The molecule has 0 aliphatic heterocycles. The topological polar surface area (TPSA) is 112 Å². The van der Waals surface area contributed by atoms with Gasteiger partial charge in [-0.3, -0.25) is 4.90 Å². The molecule has 0 saturated heterocycles. The second-order valence-corrected chi connectivity index (χ2v) is 9.08. The lowest BCUT2D eigenvalue weighted by Crippen LogP contribution is -2.52. The van der Waals surface area contributed by atoms with Crippen LogP contribution in [0, 0.1) is 0 Å². The summed E-state index contributed by atoms with van der Waals surface area (Å²) < 4.78 is 11.2. The van der Waals surface area contributed by atoms with Gasteiger partial charge >= 0.3 is 0 Å². The lowest BCUT2D eigenvalue weighted by Gasteiger charge is -2.34. The first-order valence-electron chi connectivity index (χ1n) is 9.24. The summed E-state index contributed by atoms with van der Waals surface area (Å²) in [7, 11) is 0. The van der Waals surface area contributed by atoms with Crippen LogP contribution in [0.15, 0.2) is 0 Å². The van der Waals surface area contributed by atoms with Crippen LogP contribution in [0.3, 0.4) is 0 Å². The number of rotatable bonds is 15. The van der Waals surface area contributed by atoms with Gasteiger partial charge in [0, 0.05) is 49.3 Å². The number of nitrogens with one attached hydrogen (secondary N) is 1. The summed E-state index contributed by atoms with van der Waals surface area (Å²) in [6.45, 7) is 18.6. The van der Waals surface area contributed by atoms with Gasteiger partial charge in [0.25, 0.3) is 0 Å². The summed E-state index contributed by atoms with van der Waals surface area (Å²) in [5.41, 5.74) is 17.5. The van der Waals surface area contributed by atoms with E-state index in [2.05, 4.69) is 10.2 Å². The van der Waals surface area contributed by atoms with E-state index in [9.17, 15) is 0 Å². The Labute approximate surface area is 154 Å². The maximum absolute atomic E-state index is 6.13. The molecular formula is C18H43N5O2. The molecule has 0 aromatic heterocycles. The molecule has 0 aliphatic rings. The Morgan fingerprint density at radius 2 is 1.20 bits per heavy atom. The molecule has 0 amide bonds. The van der Waals surface area contributed by atoms with E-state index < -0.39 is 0 Å². The maximum atomic E-state index is 6.13. The van der Waals surface area contributed by atoms with Gasteiger partial charge in [0.2, 0.25) is 0 Å². The second kappa shape index (κ2) is 11.4. The average molecular weight is 362 g/mol. The van der Waals surface area contributed by atoms with E-state index in [-0.39, 0.29) is 16.6 Å². The van der Waals surface area contributed by atoms with E-state index in [1.165, 1.54) is 0 Å². The second-order valence-electron chi connectivity index (χ2n) is 9.08. The largest absolute Gasteiger partial charge is 0.378 e. The Morgan fingerprint density at radius 1 is 0.720 bits per heavy atom. The van der Waals surface area contributed by atoms with Crippen LogP contribution >= 0.6 is 0 Å². The highest BCUT2D eigenvalue weighted by Crippen LogP contribution is 2.07. The summed E-state index contributed by atoms with van der Waals surface area (Å²) in [6, 6.07) is 0. The Morgan fingerprint density at radius 3 is 1.64 bits per heavy atom. The van der Waals surface area contributed by atoms with E-state index in [0.29, 0.717) is 26.4 Å². The molecule has 7 heteroatoms. The summed E-state index contributed by atoms with van der Waals surface area (Å²) in [4.78, 5) is 2.26. The Hall–Kier alpha value is -0.280. The van der Waals surface area contributed by atoms with Gasteiger partial charge in [-0.25, -0.2) is 0 Å². The fourth-order valence-corrected chi connectivity index (χ4v) is 2.44. The highest BCUT2D eigenvalue weighted by atomic mass is 16.5. The molecule has 0 aliphatic carbocycles. The lowest BCUT2D eigenvalue weighted by atomic mass is 10.0. The summed E-state index contributed by atoms with van der Waals surface area (Å²) in [5.74, 6) is 0. The smallest absolute Gasteiger partial charge is 0.0701 e. The lowest BCUT2D eigenvalue weighted by molar-refractivity contribution is 0.0354. The summed E-state index contributed by atoms with van der Waals surface area (Å²) in [5, 5.41) is 3.26. The minimum atomic E-state index is -0.251. The molecule has 7 N–H and O–H groups in total. The maximum Gasteiger partial charge on any atom is 0.0701 e. The zero-order valence-corrected chi connectivity index (χ0v) is 17.4. The SMILES string of the molecule is CC(C)(N)CNCCOCCOCCN(CC(C)(C)N)CC(C)(C)N. The van der Waals surface area contributed by atoms with Crippen molar-refractivity contribution in [1.29, 1.82) is 0 Å². The third-order valence-electron chi connectivity index (χ3n) is 3.19. The molecule has 0 aromatic rings. The first-order valence-corrected chi connectivity index (χ1v) is 9.24. The zero-order valence-electron chi connectivity index (χ0n) is 17.4. The molecule has 0 fully saturated rings. The number of nitrogens with two attached hydrogens (primary N) is 3. The van der Waals surface area contributed by atoms with Gasteiger partial charge in [0.15, 0.2) is 0 Å². The van der Waals surface area contributed by atoms with Crippen molar-refractivity contribution in [2.75, 3.05) is 59.2 Å². The van der Waals surface area contributed by atoms with Crippen molar-refractivity contribution in [2.24, 2.45) is 17.2 Å². The predicted molar refractivity (Wildman–Crippen MR) is 106 cm³/mol. The third kappa shape index (κ3) is 19.9. The molecule has 0 radical (unpaired) electrons. The number of nitrogens with zero attached hydrogens (tertiary/aromatic N) is 1. The van der Waals surface area contributed by atoms with E-state index in [1.54, 1.807) is 0 Å². The molecule has 25 heavy (non-hydrogen) atoms. The van der Waals surface area contributed by atoms with Crippen molar-refractivity contribution >= 4 is 0 Å². The molecule has 0 atom stereocenters. The fourth-order valence-electron chi connectivity index (χ4n) is 2.44. The quantitative estimate of drug-likeness (QED) is 0.307. The van der Waals surface area contributed by atoms with Crippen LogP contribution in [0.2, 0.25) is 0 Å². The van der Waals surface area contributed by atoms with Crippen LogP contribution in [0.25, 0.3) is 0 Å². The molecule has 152 valence electrons. The highest BCUT2D eigenvalue weighted by molar-refractivity contribution is 4.83. The Kier molecular flexibility index (Phi) is 11.3. The average Bonchev–Trinajstić information content (AvgIpc) is 2.35. The number of hydrogen-bond acceptors (Lipinski definition) is 7. The van der Waals surface area contributed by atoms with Crippen LogP contribution in [-0.4, -0.2) is 80.7 Å². The van der Waals surface area contributed by atoms with Crippen molar-refractivity contribution < 1.29 is 9.47 Å². The van der Waals surface area contributed by atoms with Crippen LogP contribution in [0.4, 0.5) is 0 Å². The number of ether oxygens (including phenoxy) is 2. The van der Waals surface area contributed by atoms with Gasteiger partial charge in [0.05, 0.1) is 26.4 Å². The predicted octanol–water partition coefficient (Wildman–Crippen LogP) is 0.123. The molecule has 0 aromatic carbocycles. The van der Waals surface area contributed by atoms with Crippen LogP contribution in [0.5, 0.6) is 0 Å². The van der Waals surface area contributed by atoms with Crippen molar-refractivity contribution in [3.05, 3.63) is 0 Å². The van der Waals surface area contributed by atoms with Gasteiger partial charge in [-0.05, 0) is 41.5 Å². The normalized spacial score (nSPS) is 13.7. The number of hydrogen-bond donors (Lipinski definition) is 4. The molecular weight excluding hydrogens is 318 g/mol. The first kappa shape index (κ1) is 24.7. The van der Waals surface area contributed by atoms with E-state index in [1.807, 2.05) is 41.5 Å². The van der Waals surface area contributed by atoms with Gasteiger partial charge in [-0.2, -0.15) is 0 Å².